The van der Waals surface area contributed by atoms with Crippen LogP contribution in [0, 0.1) is 5.41 Å². The van der Waals surface area contributed by atoms with Gasteiger partial charge < -0.3 is 0 Å². The van der Waals surface area contributed by atoms with Crippen molar-refractivity contribution in [3.8, 4) is 0 Å². The smallest absolute Gasteiger partial charge is 0.136 e. The molecule has 0 unspecified atom stereocenters. The molecule has 0 aromatic rings. The Labute approximate surface area is 106 Å². The highest BCUT2D eigenvalue weighted by molar-refractivity contribution is 5.83. The van der Waals surface area contributed by atoms with E-state index >= 15 is 0 Å². The van der Waals surface area contributed by atoms with E-state index in [1.165, 1.54) is 16.7 Å². The van der Waals surface area contributed by atoms with Gasteiger partial charge in [-0.05, 0) is 66.7 Å². The number of carbonyl (C=O) groups excluding carboxylic acids is 1. The van der Waals surface area contributed by atoms with Crippen molar-refractivity contribution in [3.63, 3.8) is 0 Å². The fourth-order valence-corrected chi connectivity index (χ4v) is 2.71. The first-order valence-electron chi connectivity index (χ1n) is 6.67. The van der Waals surface area contributed by atoms with E-state index in [9.17, 15) is 4.79 Å². The highest BCUT2D eigenvalue weighted by Crippen LogP contribution is 2.43. The van der Waals surface area contributed by atoms with Crippen LogP contribution in [-0.2, 0) is 4.79 Å². The Kier molecular flexibility index (Phi) is 4.73. The predicted octanol–water partition coefficient (Wildman–Crippen LogP) is 4.83. The zero-order valence-corrected chi connectivity index (χ0v) is 12.0. The summed E-state index contributed by atoms with van der Waals surface area (Å²) in [6.07, 6.45) is 7.42. The normalized spacial score (nSPS) is 24.8. The van der Waals surface area contributed by atoms with Gasteiger partial charge >= 0.3 is 0 Å². The van der Waals surface area contributed by atoms with Crippen LogP contribution in [0.25, 0.3) is 0 Å². The van der Waals surface area contributed by atoms with E-state index in [0.717, 1.165) is 32.1 Å². The second-order valence-corrected chi connectivity index (χ2v) is 5.89. The third kappa shape index (κ3) is 3.55. The first-order valence-corrected chi connectivity index (χ1v) is 6.67. The summed E-state index contributed by atoms with van der Waals surface area (Å²) >= 11 is 0. The fourth-order valence-electron chi connectivity index (χ4n) is 2.71. The molecule has 0 aliphatic heterocycles. The van der Waals surface area contributed by atoms with Crippen molar-refractivity contribution < 1.29 is 4.79 Å². The maximum atomic E-state index is 12.0. The molecular formula is C16H26O. The molecule has 0 spiro atoms. The summed E-state index contributed by atoms with van der Waals surface area (Å²) in [7, 11) is 0. The standard InChI is InChI=1S/C16H26O/c1-12(2)7-6-9-16(15(5)17)10-8-13(3)14(4)11-16/h7H,6,8-11H2,1-5H3/t16-/m1/s1. The average Bonchev–Trinajstić information content (AvgIpc) is 2.22. The van der Waals surface area contributed by atoms with Gasteiger partial charge in [-0.25, -0.2) is 0 Å². The minimum absolute atomic E-state index is 0.0739. The van der Waals surface area contributed by atoms with Gasteiger partial charge in [-0.2, -0.15) is 0 Å². The molecule has 1 atom stereocenters. The van der Waals surface area contributed by atoms with Crippen LogP contribution in [-0.4, -0.2) is 5.78 Å². The highest BCUT2D eigenvalue weighted by Gasteiger charge is 2.37. The van der Waals surface area contributed by atoms with Gasteiger partial charge in [0.15, 0.2) is 0 Å². The Hall–Kier alpha value is -0.850. The lowest BCUT2D eigenvalue weighted by atomic mass is 9.67. The van der Waals surface area contributed by atoms with Crippen LogP contribution >= 0.6 is 0 Å². The first kappa shape index (κ1) is 14.2. The SMILES string of the molecule is CC(=O)[C@]1(CCC=C(C)C)CCC(C)=C(C)C1. The molecule has 1 aliphatic carbocycles. The largest absolute Gasteiger partial charge is 0.299 e. The minimum Gasteiger partial charge on any atom is -0.299 e. The second-order valence-electron chi connectivity index (χ2n) is 5.89. The van der Waals surface area contributed by atoms with Crippen LogP contribution in [0.15, 0.2) is 22.8 Å². The van der Waals surface area contributed by atoms with Gasteiger partial charge in [-0.1, -0.05) is 22.8 Å². The molecule has 0 aromatic carbocycles. The van der Waals surface area contributed by atoms with Gasteiger partial charge in [0, 0.05) is 5.41 Å². The zero-order valence-electron chi connectivity index (χ0n) is 12.0. The number of hydrogen-bond donors (Lipinski definition) is 0. The lowest BCUT2D eigenvalue weighted by molar-refractivity contribution is -0.127. The van der Waals surface area contributed by atoms with Crippen LogP contribution < -0.4 is 0 Å². The molecule has 0 N–H and O–H groups in total. The number of carbonyl (C=O) groups is 1. The highest BCUT2D eigenvalue weighted by atomic mass is 16.1. The summed E-state index contributed by atoms with van der Waals surface area (Å²) < 4.78 is 0. The van der Waals surface area contributed by atoms with Gasteiger partial charge in [0.2, 0.25) is 0 Å². The van der Waals surface area contributed by atoms with Crippen LogP contribution in [0.1, 0.15) is 66.7 Å². The Balaban J connectivity index is 2.79. The van der Waals surface area contributed by atoms with Gasteiger partial charge in [-0.15, -0.1) is 0 Å². The molecule has 0 bridgehead atoms. The van der Waals surface area contributed by atoms with Crippen LogP contribution in [0.3, 0.4) is 0 Å². The van der Waals surface area contributed by atoms with Crippen molar-refractivity contribution in [1.82, 2.24) is 0 Å². The summed E-state index contributed by atoms with van der Waals surface area (Å²) in [5.74, 6) is 0.381. The lowest BCUT2D eigenvalue weighted by Gasteiger charge is -2.36. The number of hydrogen-bond acceptors (Lipinski definition) is 1. The number of rotatable bonds is 4. The fraction of sp³-hybridized carbons (Fsp3) is 0.688. The van der Waals surface area contributed by atoms with E-state index in [-0.39, 0.29) is 5.41 Å². The number of allylic oxidation sites excluding steroid dienone is 4. The Morgan fingerprint density at radius 3 is 2.35 bits per heavy atom. The van der Waals surface area contributed by atoms with Gasteiger partial charge in [0.1, 0.15) is 5.78 Å². The molecule has 17 heavy (non-hydrogen) atoms. The van der Waals surface area contributed by atoms with E-state index in [1.54, 1.807) is 6.92 Å². The Bertz CT molecular complexity index is 356. The Morgan fingerprint density at radius 1 is 1.24 bits per heavy atom. The summed E-state index contributed by atoms with van der Waals surface area (Å²) in [5, 5.41) is 0. The zero-order chi connectivity index (χ0) is 13.1. The summed E-state index contributed by atoms with van der Waals surface area (Å²) in [5.41, 5.74) is 4.20. The van der Waals surface area contributed by atoms with E-state index in [4.69, 9.17) is 0 Å². The molecule has 1 heteroatoms. The van der Waals surface area contributed by atoms with Crippen LogP contribution in [0.5, 0.6) is 0 Å². The van der Waals surface area contributed by atoms with Crippen molar-refractivity contribution >= 4 is 5.78 Å². The molecule has 96 valence electrons. The Morgan fingerprint density at radius 2 is 1.88 bits per heavy atom. The van der Waals surface area contributed by atoms with Crippen molar-refractivity contribution in [2.24, 2.45) is 5.41 Å². The van der Waals surface area contributed by atoms with Crippen molar-refractivity contribution in [2.45, 2.75) is 66.7 Å². The lowest BCUT2D eigenvalue weighted by Crippen LogP contribution is -2.32. The molecule has 0 heterocycles. The molecule has 0 fully saturated rings. The molecule has 1 aliphatic rings. The molecule has 0 saturated heterocycles. The maximum absolute atomic E-state index is 12.0. The maximum Gasteiger partial charge on any atom is 0.136 e. The number of Topliss-reactive ketones (excluding diaryl/α,β-unsaturated/α-hetero) is 1. The van der Waals surface area contributed by atoms with E-state index < -0.39 is 0 Å². The molecule has 0 amide bonds. The van der Waals surface area contributed by atoms with E-state index in [2.05, 4.69) is 33.8 Å². The van der Waals surface area contributed by atoms with E-state index in [0.29, 0.717) is 5.78 Å². The van der Waals surface area contributed by atoms with Crippen molar-refractivity contribution in [2.75, 3.05) is 0 Å². The summed E-state index contributed by atoms with van der Waals surface area (Å²) in [4.78, 5) is 12.0. The molecule has 0 radical (unpaired) electrons. The first-order chi connectivity index (χ1) is 7.87. The van der Waals surface area contributed by atoms with Crippen molar-refractivity contribution in [1.29, 1.82) is 0 Å². The van der Waals surface area contributed by atoms with E-state index in [1.807, 2.05) is 0 Å². The quantitative estimate of drug-likeness (QED) is 0.637. The second kappa shape index (κ2) is 5.66. The molecule has 0 saturated carbocycles. The molecule has 1 nitrogen and oxygen atoms in total. The van der Waals surface area contributed by atoms with Gasteiger partial charge in [0.25, 0.3) is 0 Å². The average molecular weight is 234 g/mol. The third-order valence-corrected chi connectivity index (χ3v) is 4.23. The molecule has 1 rings (SSSR count). The third-order valence-electron chi connectivity index (χ3n) is 4.23. The topological polar surface area (TPSA) is 17.1 Å². The molecule has 0 aromatic heterocycles. The monoisotopic (exact) mass is 234 g/mol. The molecular weight excluding hydrogens is 208 g/mol. The van der Waals surface area contributed by atoms with Crippen LogP contribution in [0.4, 0.5) is 0 Å². The minimum atomic E-state index is -0.0739. The summed E-state index contributed by atoms with van der Waals surface area (Å²) in [6.45, 7) is 10.4. The van der Waals surface area contributed by atoms with Crippen molar-refractivity contribution in [3.05, 3.63) is 22.8 Å². The number of ketones is 1. The predicted molar refractivity (Wildman–Crippen MR) is 74.0 cm³/mol. The van der Waals surface area contributed by atoms with Gasteiger partial charge in [0.05, 0.1) is 0 Å². The van der Waals surface area contributed by atoms with Crippen LogP contribution in [0.2, 0.25) is 0 Å². The van der Waals surface area contributed by atoms with Gasteiger partial charge in [-0.3, -0.25) is 4.79 Å². The summed E-state index contributed by atoms with van der Waals surface area (Å²) in [6, 6.07) is 0.